The fourth-order valence-corrected chi connectivity index (χ4v) is 9.53. The molecule has 0 spiro atoms. The Balaban J connectivity index is 0.000000127. The molecule has 3 aromatic rings. The maximum atomic E-state index is 12.3. The SMILES string of the molecule is CC1(C(=O)OCc2ccccc2)CC2C=CC1C2.Cc1ccc(COC(=O)C2CC3C=CC2C3)c(C)c1.Cc1ccc(COC(=O)C2CC3C=CC2C3)cc1. The molecule has 6 heteroatoms. The third-order valence-corrected chi connectivity index (χ3v) is 12.9. The molecule has 0 aliphatic heterocycles. The summed E-state index contributed by atoms with van der Waals surface area (Å²) in [5.41, 5.74) is 6.59. The molecule has 0 heterocycles. The summed E-state index contributed by atoms with van der Waals surface area (Å²) in [4.78, 5) is 36.4. The van der Waals surface area contributed by atoms with Crippen molar-refractivity contribution in [2.45, 2.75) is 86.0 Å². The van der Waals surface area contributed by atoms with Gasteiger partial charge in [0.2, 0.25) is 0 Å². The highest BCUT2D eigenvalue weighted by atomic mass is 16.5. The van der Waals surface area contributed by atoms with Gasteiger partial charge in [-0.05, 0) is 124 Å². The van der Waals surface area contributed by atoms with Gasteiger partial charge in [0.25, 0.3) is 0 Å². The Morgan fingerprint density at radius 1 is 0.582 bits per heavy atom. The molecule has 0 amide bonds. The van der Waals surface area contributed by atoms with Gasteiger partial charge in [0.15, 0.2) is 0 Å². The van der Waals surface area contributed by atoms with Gasteiger partial charge >= 0.3 is 17.9 Å². The number of hydrogen-bond donors (Lipinski definition) is 0. The number of aryl methyl sites for hydroxylation is 3. The van der Waals surface area contributed by atoms with Crippen LogP contribution >= 0.6 is 0 Å². The highest BCUT2D eigenvalue weighted by Crippen LogP contribution is 2.52. The maximum absolute atomic E-state index is 12.3. The number of carbonyl (C=O) groups is 3. The van der Waals surface area contributed by atoms with Crippen LogP contribution in [-0.2, 0) is 48.4 Å². The highest BCUT2D eigenvalue weighted by Gasteiger charge is 2.51. The minimum atomic E-state index is -0.297. The molecule has 0 aromatic heterocycles. The number of rotatable bonds is 9. The van der Waals surface area contributed by atoms with Crippen molar-refractivity contribution in [3.05, 3.63) is 143 Å². The number of carbonyl (C=O) groups excluding carboxylic acids is 3. The summed E-state index contributed by atoms with van der Waals surface area (Å²) in [5, 5.41) is 0. The lowest BCUT2D eigenvalue weighted by molar-refractivity contribution is -0.158. The van der Waals surface area contributed by atoms with Gasteiger partial charge < -0.3 is 14.2 Å². The van der Waals surface area contributed by atoms with E-state index in [0.29, 0.717) is 55.3 Å². The van der Waals surface area contributed by atoms with E-state index in [-0.39, 0.29) is 35.2 Å². The summed E-state index contributed by atoms with van der Waals surface area (Å²) in [6.07, 6.45) is 19.6. The van der Waals surface area contributed by atoms with Crippen molar-refractivity contribution >= 4 is 17.9 Å². The van der Waals surface area contributed by atoms with E-state index >= 15 is 0 Å². The van der Waals surface area contributed by atoms with Crippen molar-refractivity contribution in [2.24, 2.45) is 52.8 Å². The molecule has 6 aliphatic rings. The van der Waals surface area contributed by atoms with Crippen molar-refractivity contribution in [1.29, 1.82) is 0 Å². The Morgan fingerprint density at radius 2 is 1.15 bits per heavy atom. The normalized spacial score (nSPS) is 29.7. The first-order valence-electron chi connectivity index (χ1n) is 20.2. The summed E-state index contributed by atoms with van der Waals surface area (Å²) in [6, 6.07) is 24.2. The van der Waals surface area contributed by atoms with Crippen LogP contribution in [0.15, 0.2) is 109 Å². The molecule has 0 radical (unpaired) electrons. The molecule has 6 nitrogen and oxygen atoms in total. The molecular formula is C49H56O6. The third-order valence-electron chi connectivity index (χ3n) is 12.9. The fourth-order valence-electron chi connectivity index (χ4n) is 9.53. The van der Waals surface area contributed by atoms with Crippen LogP contribution in [0, 0.1) is 73.5 Å². The molecular weight excluding hydrogens is 685 g/mol. The zero-order valence-electron chi connectivity index (χ0n) is 32.8. The van der Waals surface area contributed by atoms with Gasteiger partial charge in [-0.2, -0.15) is 0 Å². The molecule has 3 fully saturated rings. The lowest BCUT2D eigenvalue weighted by atomic mass is 9.78. The van der Waals surface area contributed by atoms with Crippen LogP contribution in [0.3, 0.4) is 0 Å². The number of esters is 3. The quantitative estimate of drug-likeness (QED) is 0.124. The first kappa shape index (κ1) is 38.6. The topological polar surface area (TPSA) is 78.9 Å². The van der Waals surface area contributed by atoms with E-state index in [1.807, 2.05) is 54.6 Å². The van der Waals surface area contributed by atoms with E-state index in [1.165, 1.54) is 16.7 Å². The lowest BCUT2D eigenvalue weighted by Crippen LogP contribution is -2.33. The average Bonchev–Trinajstić information content (AvgIpc) is 4.07. The van der Waals surface area contributed by atoms with Gasteiger partial charge in [0.05, 0.1) is 17.3 Å². The first-order chi connectivity index (χ1) is 26.5. The van der Waals surface area contributed by atoms with Crippen LogP contribution in [-0.4, -0.2) is 17.9 Å². The van der Waals surface area contributed by atoms with E-state index in [4.69, 9.17) is 14.2 Å². The van der Waals surface area contributed by atoms with Crippen molar-refractivity contribution < 1.29 is 28.6 Å². The number of ether oxygens (including phenoxy) is 3. The second-order valence-corrected chi connectivity index (χ2v) is 17.1. The van der Waals surface area contributed by atoms with Crippen molar-refractivity contribution in [3.8, 4) is 0 Å². The standard InChI is InChI=1S/C17H20O2.2C16H18O2/c1-11-3-5-15(12(2)7-11)10-19-17(18)16-9-13-4-6-14(16)8-13;1-11-2-4-12(5-3-11)10-18-16(17)15-9-13-6-7-14(15)8-13;1-16(10-13-7-8-14(16)9-13)15(17)18-11-12-5-3-2-4-6-12/h3-7,13-14,16H,8-10H2,1-2H3;2-7,13-15H,8-10H2,1H3;2-8,13-14H,9-11H2,1H3. The lowest BCUT2D eigenvalue weighted by Gasteiger charge is -2.28. The predicted molar refractivity (Wildman–Crippen MR) is 214 cm³/mol. The van der Waals surface area contributed by atoms with Crippen LogP contribution < -0.4 is 0 Å². The molecule has 6 aliphatic carbocycles. The van der Waals surface area contributed by atoms with E-state index in [0.717, 1.165) is 55.2 Å². The highest BCUT2D eigenvalue weighted by molar-refractivity contribution is 5.78. The van der Waals surface area contributed by atoms with Crippen LogP contribution in [0.4, 0.5) is 0 Å². The summed E-state index contributed by atoms with van der Waals surface area (Å²) >= 11 is 0. The molecule has 0 N–H and O–H groups in total. The van der Waals surface area contributed by atoms with Gasteiger partial charge in [-0.1, -0.05) is 120 Å². The minimum absolute atomic E-state index is 0.0168. The number of allylic oxidation sites excluding steroid dienone is 6. The Kier molecular flexibility index (Phi) is 11.9. The van der Waals surface area contributed by atoms with E-state index < -0.39 is 0 Å². The van der Waals surface area contributed by atoms with Gasteiger partial charge in [0.1, 0.15) is 19.8 Å². The Hall–Kier alpha value is -4.71. The van der Waals surface area contributed by atoms with Crippen molar-refractivity contribution in [3.63, 3.8) is 0 Å². The van der Waals surface area contributed by atoms with E-state index in [1.54, 1.807) is 0 Å². The maximum Gasteiger partial charge on any atom is 0.312 e. The Labute approximate surface area is 327 Å². The smallest absolute Gasteiger partial charge is 0.312 e. The van der Waals surface area contributed by atoms with Crippen molar-refractivity contribution in [2.75, 3.05) is 0 Å². The van der Waals surface area contributed by atoms with E-state index in [2.05, 4.69) is 82.4 Å². The zero-order valence-corrected chi connectivity index (χ0v) is 32.8. The monoisotopic (exact) mass is 740 g/mol. The molecule has 9 unspecified atom stereocenters. The second kappa shape index (κ2) is 17.0. The van der Waals surface area contributed by atoms with Crippen LogP contribution in [0.25, 0.3) is 0 Å². The first-order valence-corrected chi connectivity index (χ1v) is 20.2. The van der Waals surface area contributed by atoms with Gasteiger partial charge in [-0.15, -0.1) is 0 Å². The number of fused-ring (bicyclic) bond motifs is 6. The summed E-state index contributed by atoms with van der Waals surface area (Å²) in [7, 11) is 0. The number of benzene rings is 3. The fraction of sp³-hybridized carbons (Fsp3) is 0.449. The third kappa shape index (κ3) is 9.23. The molecule has 3 aromatic carbocycles. The van der Waals surface area contributed by atoms with Gasteiger partial charge in [-0.25, -0.2) is 0 Å². The Morgan fingerprint density at radius 3 is 1.67 bits per heavy atom. The van der Waals surface area contributed by atoms with Gasteiger partial charge in [-0.3, -0.25) is 14.4 Å². The summed E-state index contributed by atoms with van der Waals surface area (Å²) < 4.78 is 16.4. The Bertz CT molecular complexity index is 1920. The molecule has 0 saturated heterocycles. The van der Waals surface area contributed by atoms with Crippen LogP contribution in [0.1, 0.15) is 78.8 Å². The molecule has 3 saturated carbocycles. The molecule has 288 valence electrons. The largest absolute Gasteiger partial charge is 0.461 e. The molecule has 9 atom stereocenters. The predicted octanol–water partition coefficient (Wildman–Crippen LogP) is 10.1. The average molecular weight is 741 g/mol. The molecule has 6 bridgehead atoms. The second-order valence-electron chi connectivity index (χ2n) is 17.1. The number of hydrogen-bond acceptors (Lipinski definition) is 6. The van der Waals surface area contributed by atoms with Gasteiger partial charge in [0, 0.05) is 0 Å². The molecule has 55 heavy (non-hydrogen) atoms. The summed E-state index contributed by atoms with van der Waals surface area (Å²) in [5.74, 6) is 3.18. The van der Waals surface area contributed by atoms with Crippen molar-refractivity contribution in [1.82, 2.24) is 0 Å². The van der Waals surface area contributed by atoms with E-state index in [9.17, 15) is 14.4 Å². The minimum Gasteiger partial charge on any atom is -0.461 e. The summed E-state index contributed by atoms with van der Waals surface area (Å²) in [6.45, 7) is 9.43. The van der Waals surface area contributed by atoms with Crippen LogP contribution in [0.5, 0.6) is 0 Å². The molecule has 9 rings (SSSR count). The van der Waals surface area contributed by atoms with Crippen LogP contribution in [0.2, 0.25) is 0 Å². The zero-order chi connectivity index (χ0) is 38.5.